The van der Waals surface area contributed by atoms with Gasteiger partial charge in [0.25, 0.3) is 5.91 Å². The number of hydrogen-bond donors (Lipinski definition) is 1. The average molecular weight is 275 g/mol. The maximum atomic E-state index is 12.3. The van der Waals surface area contributed by atoms with Gasteiger partial charge in [-0.05, 0) is 29.8 Å². The van der Waals surface area contributed by atoms with Crippen molar-refractivity contribution >= 4 is 23.2 Å². The first-order chi connectivity index (χ1) is 9.08. The van der Waals surface area contributed by atoms with Crippen LogP contribution in [0.3, 0.4) is 0 Å². The van der Waals surface area contributed by atoms with Crippen LogP contribution in [0.5, 0.6) is 0 Å². The van der Waals surface area contributed by atoms with E-state index >= 15 is 0 Å². The second kappa shape index (κ2) is 5.76. The molecule has 0 aromatic heterocycles. The Morgan fingerprint density at radius 3 is 2.42 bits per heavy atom. The van der Waals surface area contributed by atoms with Crippen LogP contribution in [0.4, 0.5) is 5.69 Å². The largest absolute Gasteiger partial charge is 0.399 e. The Morgan fingerprint density at radius 1 is 1.16 bits per heavy atom. The fourth-order valence-corrected chi connectivity index (χ4v) is 2.03. The lowest BCUT2D eigenvalue weighted by molar-refractivity contribution is 0.0785. The van der Waals surface area contributed by atoms with Gasteiger partial charge in [-0.2, -0.15) is 0 Å². The van der Waals surface area contributed by atoms with Crippen LogP contribution >= 0.6 is 11.6 Å². The Labute approximate surface area is 117 Å². The van der Waals surface area contributed by atoms with Crippen LogP contribution in [-0.2, 0) is 6.54 Å². The molecule has 0 saturated carbocycles. The van der Waals surface area contributed by atoms with Crippen LogP contribution in [0, 0.1) is 0 Å². The monoisotopic (exact) mass is 274 g/mol. The normalized spacial score (nSPS) is 10.2. The summed E-state index contributed by atoms with van der Waals surface area (Å²) in [5.74, 6) is -0.0950. The highest BCUT2D eigenvalue weighted by molar-refractivity contribution is 6.33. The smallest absolute Gasteiger partial charge is 0.255 e. The van der Waals surface area contributed by atoms with Crippen LogP contribution in [0.2, 0.25) is 5.02 Å². The number of benzene rings is 2. The topological polar surface area (TPSA) is 46.3 Å². The summed E-state index contributed by atoms with van der Waals surface area (Å²) in [5, 5.41) is 0.469. The number of amides is 1. The third kappa shape index (κ3) is 3.26. The Hall–Kier alpha value is -2.00. The van der Waals surface area contributed by atoms with E-state index in [1.54, 1.807) is 36.2 Å². The molecule has 4 heteroatoms. The Kier molecular flexibility index (Phi) is 4.07. The van der Waals surface area contributed by atoms with E-state index in [-0.39, 0.29) is 5.91 Å². The fraction of sp³-hybridized carbons (Fsp3) is 0.133. The molecule has 98 valence electrons. The van der Waals surface area contributed by atoms with E-state index in [9.17, 15) is 4.79 Å². The predicted octanol–water partition coefficient (Wildman–Crippen LogP) is 3.19. The van der Waals surface area contributed by atoms with Crippen LogP contribution in [0.1, 0.15) is 15.9 Å². The SMILES string of the molecule is CN(Cc1ccc(N)cc1)C(=O)c1ccccc1Cl. The van der Waals surface area contributed by atoms with Crippen LogP contribution in [0.15, 0.2) is 48.5 Å². The summed E-state index contributed by atoms with van der Waals surface area (Å²) in [5.41, 5.74) is 7.88. The summed E-state index contributed by atoms with van der Waals surface area (Å²) < 4.78 is 0. The van der Waals surface area contributed by atoms with Crippen molar-refractivity contribution in [2.75, 3.05) is 12.8 Å². The first-order valence-electron chi connectivity index (χ1n) is 5.92. The molecule has 1 amide bonds. The van der Waals surface area contributed by atoms with Crippen molar-refractivity contribution in [3.8, 4) is 0 Å². The average Bonchev–Trinajstić information content (AvgIpc) is 2.41. The lowest BCUT2D eigenvalue weighted by Crippen LogP contribution is -2.26. The van der Waals surface area contributed by atoms with E-state index in [2.05, 4.69) is 0 Å². The molecule has 0 fully saturated rings. The van der Waals surface area contributed by atoms with Gasteiger partial charge in [-0.1, -0.05) is 35.9 Å². The molecule has 3 nitrogen and oxygen atoms in total. The molecule has 0 aliphatic heterocycles. The third-order valence-corrected chi connectivity index (χ3v) is 3.18. The van der Waals surface area contributed by atoms with Gasteiger partial charge in [-0.25, -0.2) is 0 Å². The van der Waals surface area contributed by atoms with Crippen molar-refractivity contribution < 1.29 is 4.79 Å². The van der Waals surface area contributed by atoms with E-state index < -0.39 is 0 Å². The van der Waals surface area contributed by atoms with Gasteiger partial charge < -0.3 is 10.6 Å². The fourth-order valence-electron chi connectivity index (χ4n) is 1.81. The molecule has 2 aromatic carbocycles. The number of carbonyl (C=O) groups is 1. The quantitative estimate of drug-likeness (QED) is 0.874. The molecule has 0 atom stereocenters. The van der Waals surface area contributed by atoms with Gasteiger partial charge in [-0.3, -0.25) is 4.79 Å². The molecule has 0 radical (unpaired) electrons. The molecule has 0 bridgehead atoms. The van der Waals surface area contributed by atoms with E-state index in [1.807, 2.05) is 24.3 Å². The van der Waals surface area contributed by atoms with E-state index in [0.717, 1.165) is 5.56 Å². The summed E-state index contributed by atoms with van der Waals surface area (Å²) in [4.78, 5) is 13.9. The number of hydrogen-bond acceptors (Lipinski definition) is 2. The standard InChI is InChI=1S/C15H15ClN2O/c1-18(10-11-6-8-12(17)9-7-11)15(19)13-4-2-3-5-14(13)16/h2-9H,10,17H2,1H3. The van der Waals surface area contributed by atoms with E-state index in [1.165, 1.54) is 0 Å². The maximum Gasteiger partial charge on any atom is 0.255 e. The highest BCUT2D eigenvalue weighted by atomic mass is 35.5. The molecular formula is C15H15ClN2O. The number of halogens is 1. The molecule has 2 aromatic rings. The highest BCUT2D eigenvalue weighted by Gasteiger charge is 2.14. The minimum absolute atomic E-state index is 0.0950. The second-order valence-electron chi connectivity index (χ2n) is 4.38. The minimum atomic E-state index is -0.0950. The van der Waals surface area contributed by atoms with Crippen molar-refractivity contribution in [1.82, 2.24) is 4.90 Å². The highest BCUT2D eigenvalue weighted by Crippen LogP contribution is 2.17. The van der Waals surface area contributed by atoms with Gasteiger partial charge in [0, 0.05) is 19.3 Å². The van der Waals surface area contributed by atoms with Gasteiger partial charge in [0.15, 0.2) is 0 Å². The van der Waals surface area contributed by atoms with Crippen LogP contribution in [-0.4, -0.2) is 17.9 Å². The number of nitrogens with two attached hydrogens (primary N) is 1. The third-order valence-electron chi connectivity index (χ3n) is 2.85. The number of rotatable bonds is 3. The van der Waals surface area contributed by atoms with E-state index in [0.29, 0.717) is 22.8 Å². The molecule has 0 aliphatic rings. The van der Waals surface area contributed by atoms with Crippen LogP contribution in [0.25, 0.3) is 0 Å². The van der Waals surface area contributed by atoms with Gasteiger partial charge in [0.1, 0.15) is 0 Å². The number of nitrogens with zero attached hydrogens (tertiary/aromatic N) is 1. The zero-order valence-electron chi connectivity index (χ0n) is 10.6. The summed E-state index contributed by atoms with van der Waals surface area (Å²) >= 11 is 6.02. The molecule has 0 unspecified atom stereocenters. The summed E-state index contributed by atoms with van der Waals surface area (Å²) in [6, 6.07) is 14.5. The zero-order chi connectivity index (χ0) is 13.8. The number of carbonyl (C=O) groups excluding carboxylic acids is 1. The molecule has 0 aliphatic carbocycles. The Bertz CT molecular complexity index is 581. The Balaban J connectivity index is 2.12. The van der Waals surface area contributed by atoms with Crippen molar-refractivity contribution in [1.29, 1.82) is 0 Å². The van der Waals surface area contributed by atoms with E-state index in [4.69, 9.17) is 17.3 Å². The Morgan fingerprint density at radius 2 is 1.79 bits per heavy atom. The molecule has 0 heterocycles. The van der Waals surface area contributed by atoms with Gasteiger partial charge in [-0.15, -0.1) is 0 Å². The molecular weight excluding hydrogens is 260 g/mol. The summed E-state index contributed by atoms with van der Waals surface area (Å²) in [6.07, 6.45) is 0. The van der Waals surface area contributed by atoms with Crippen LogP contribution < -0.4 is 5.73 Å². The maximum absolute atomic E-state index is 12.3. The van der Waals surface area contributed by atoms with Crippen molar-refractivity contribution in [2.45, 2.75) is 6.54 Å². The summed E-state index contributed by atoms with van der Waals surface area (Å²) in [7, 11) is 1.75. The molecule has 0 saturated heterocycles. The van der Waals surface area contributed by atoms with Gasteiger partial charge in [0.05, 0.1) is 10.6 Å². The molecule has 0 spiro atoms. The van der Waals surface area contributed by atoms with Crippen molar-refractivity contribution in [3.05, 3.63) is 64.7 Å². The number of anilines is 1. The van der Waals surface area contributed by atoms with Gasteiger partial charge in [0.2, 0.25) is 0 Å². The lowest BCUT2D eigenvalue weighted by atomic mass is 10.1. The summed E-state index contributed by atoms with van der Waals surface area (Å²) in [6.45, 7) is 0.518. The van der Waals surface area contributed by atoms with Crippen molar-refractivity contribution in [3.63, 3.8) is 0 Å². The second-order valence-corrected chi connectivity index (χ2v) is 4.79. The molecule has 2 rings (SSSR count). The first-order valence-corrected chi connectivity index (χ1v) is 6.30. The van der Waals surface area contributed by atoms with Gasteiger partial charge >= 0.3 is 0 Å². The number of nitrogen functional groups attached to an aromatic ring is 1. The first kappa shape index (κ1) is 13.4. The lowest BCUT2D eigenvalue weighted by Gasteiger charge is -2.18. The van der Waals surface area contributed by atoms with Crippen molar-refractivity contribution in [2.24, 2.45) is 0 Å². The molecule has 2 N–H and O–H groups in total. The zero-order valence-corrected chi connectivity index (χ0v) is 11.4. The minimum Gasteiger partial charge on any atom is -0.399 e. The molecule has 19 heavy (non-hydrogen) atoms. The predicted molar refractivity (Wildman–Crippen MR) is 78.1 cm³/mol.